The standard InChI is InChI=1S/C18H18ClN3O2/c1-12(2)23-14-9-7-13(8-10-14)20-11-17-21-22-18(24-17)15-5-3-4-6-16(15)19/h3-10,12,20H,11H2,1-2H3. The molecule has 0 radical (unpaired) electrons. The molecule has 0 spiro atoms. The summed E-state index contributed by atoms with van der Waals surface area (Å²) in [6, 6.07) is 15.1. The van der Waals surface area contributed by atoms with Gasteiger partial charge in [-0.25, -0.2) is 0 Å². The second kappa shape index (κ2) is 7.36. The second-order valence-electron chi connectivity index (χ2n) is 5.53. The zero-order valence-electron chi connectivity index (χ0n) is 13.5. The van der Waals surface area contributed by atoms with E-state index in [0.29, 0.717) is 23.3 Å². The molecule has 6 heteroatoms. The van der Waals surface area contributed by atoms with Gasteiger partial charge in [-0.15, -0.1) is 10.2 Å². The van der Waals surface area contributed by atoms with Crippen LogP contribution in [0.5, 0.6) is 5.75 Å². The maximum Gasteiger partial charge on any atom is 0.249 e. The van der Waals surface area contributed by atoms with E-state index in [-0.39, 0.29) is 6.10 Å². The van der Waals surface area contributed by atoms with E-state index in [0.717, 1.165) is 17.0 Å². The molecule has 3 rings (SSSR count). The summed E-state index contributed by atoms with van der Waals surface area (Å²) < 4.78 is 11.3. The summed E-state index contributed by atoms with van der Waals surface area (Å²) in [4.78, 5) is 0. The van der Waals surface area contributed by atoms with Gasteiger partial charge in [-0.3, -0.25) is 0 Å². The van der Waals surface area contributed by atoms with Crippen molar-refractivity contribution in [3.63, 3.8) is 0 Å². The van der Waals surface area contributed by atoms with Crippen LogP contribution in [0.3, 0.4) is 0 Å². The third kappa shape index (κ3) is 4.06. The molecule has 0 aliphatic rings. The van der Waals surface area contributed by atoms with Crippen LogP contribution in [0.2, 0.25) is 5.02 Å². The number of nitrogens with one attached hydrogen (secondary N) is 1. The van der Waals surface area contributed by atoms with E-state index in [1.807, 2.05) is 56.3 Å². The summed E-state index contributed by atoms with van der Waals surface area (Å²) in [5.74, 6) is 1.75. The molecule has 2 aromatic carbocycles. The predicted molar refractivity (Wildman–Crippen MR) is 94.3 cm³/mol. The van der Waals surface area contributed by atoms with Gasteiger partial charge in [-0.1, -0.05) is 23.7 Å². The first-order valence-electron chi connectivity index (χ1n) is 7.69. The number of aromatic nitrogens is 2. The van der Waals surface area contributed by atoms with E-state index in [2.05, 4.69) is 15.5 Å². The lowest BCUT2D eigenvalue weighted by Gasteiger charge is -2.10. The summed E-state index contributed by atoms with van der Waals surface area (Å²) in [5, 5.41) is 11.9. The Morgan fingerprint density at radius 1 is 1.08 bits per heavy atom. The molecular formula is C18H18ClN3O2. The molecule has 24 heavy (non-hydrogen) atoms. The van der Waals surface area contributed by atoms with Gasteiger partial charge in [-0.2, -0.15) is 0 Å². The maximum absolute atomic E-state index is 6.14. The third-order valence-electron chi connectivity index (χ3n) is 3.24. The third-order valence-corrected chi connectivity index (χ3v) is 3.57. The molecule has 3 aromatic rings. The van der Waals surface area contributed by atoms with Crippen molar-refractivity contribution in [3.05, 3.63) is 59.4 Å². The smallest absolute Gasteiger partial charge is 0.249 e. The first-order chi connectivity index (χ1) is 11.6. The number of nitrogens with zero attached hydrogens (tertiary/aromatic N) is 2. The predicted octanol–water partition coefficient (Wildman–Crippen LogP) is 4.79. The Morgan fingerprint density at radius 3 is 2.54 bits per heavy atom. The van der Waals surface area contributed by atoms with E-state index in [1.54, 1.807) is 6.07 Å². The molecule has 0 aliphatic carbocycles. The fraction of sp³-hybridized carbons (Fsp3) is 0.222. The molecule has 124 valence electrons. The largest absolute Gasteiger partial charge is 0.491 e. The van der Waals surface area contributed by atoms with Crippen LogP contribution < -0.4 is 10.1 Å². The highest BCUT2D eigenvalue weighted by molar-refractivity contribution is 6.33. The van der Waals surface area contributed by atoms with Crippen molar-refractivity contribution >= 4 is 17.3 Å². The molecule has 0 bridgehead atoms. The minimum atomic E-state index is 0.158. The number of hydrogen-bond acceptors (Lipinski definition) is 5. The van der Waals surface area contributed by atoms with Crippen LogP contribution in [0.4, 0.5) is 5.69 Å². The van der Waals surface area contributed by atoms with Crippen LogP contribution in [0, 0.1) is 0 Å². The number of halogens is 1. The highest BCUT2D eigenvalue weighted by atomic mass is 35.5. The topological polar surface area (TPSA) is 60.2 Å². The van der Waals surface area contributed by atoms with Crippen LogP contribution >= 0.6 is 11.6 Å². The van der Waals surface area contributed by atoms with E-state index in [1.165, 1.54) is 0 Å². The molecule has 0 amide bonds. The lowest BCUT2D eigenvalue weighted by molar-refractivity contribution is 0.242. The quantitative estimate of drug-likeness (QED) is 0.697. The van der Waals surface area contributed by atoms with Gasteiger partial charge in [0.2, 0.25) is 11.8 Å². The number of ether oxygens (including phenoxy) is 1. The molecule has 1 aromatic heterocycles. The van der Waals surface area contributed by atoms with Gasteiger partial charge in [0.15, 0.2) is 0 Å². The van der Waals surface area contributed by atoms with Crippen LogP contribution in [0.25, 0.3) is 11.5 Å². The lowest BCUT2D eigenvalue weighted by Crippen LogP contribution is -2.05. The van der Waals surface area contributed by atoms with Crippen molar-refractivity contribution < 1.29 is 9.15 Å². The van der Waals surface area contributed by atoms with Crippen LogP contribution in [0.15, 0.2) is 52.9 Å². The summed E-state index contributed by atoms with van der Waals surface area (Å²) in [6.07, 6.45) is 0.158. The Bertz CT molecular complexity index is 800. The van der Waals surface area contributed by atoms with Gasteiger partial charge < -0.3 is 14.5 Å². The highest BCUT2D eigenvalue weighted by Crippen LogP contribution is 2.26. The fourth-order valence-electron chi connectivity index (χ4n) is 2.17. The number of rotatable bonds is 6. The zero-order valence-corrected chi connectivity index (χ0v) is 14.2. The second-order valence-corrected chi connectivity index (χ2v) is 5.93. The van der Waals surface area contributed by atoms with Crippen molar-refractivity contribution in [2.45, 2.75) is 26.5 Å². The Labute approximate surface area is 145 Å². The number of anilines is 1. The number of benzene rings is 2. The molecular weight excluding hydrogens is 326 g/mol. The monoisotopic (exact) mass is 343 g/mol. The fourth-order valence-corrected chi connectivity index (χ4v) is 2.39. The van der Waals surface area contributed by atoms with E-state index in [9.17, 15) is 0 Å². The molecule has 0 saturated heterocycles. The first-order valence-corrected chi connectivity index (χ1v) is 8.07. The minimum absolute atomic E-state index is 0.158. The SMILES string of the molecule is CC(C)Oc1ccc(NCc2nnc(-c3ccccc3Cl)o2)cc1. The summed E-state index contributed by atoms with van der Waals surface area (Å²) in [7, 11) is 0. The van der Waals surface area contributed by atoms with Gasteiger partial charge >= 0.3 is 0 Å². The highest BCUT2D eigenvalue weighted by Gasteiger charge is 2.11. The van der Waals surface area contributed by atoms with Crippen LogP contribution in [0.1, 0.15) is 19.7 Å². The van der Waals surface area contributed by atoms with Gasteiger partial charge in [0, 0.05) is 5.69 Å². The van der Waals surface area contributed by atoms with Crippen molar-refractivity contribution in [2.24, 2.45) is 0 Å². The first kappa shape index (κ1) is 16.3. The van der Waals surface area contributed by atoms with Crippen molar-refractivity contribution in [1.29, 1.82) is 0 Å². The molecule has 0 fully saturated rings. The molecule has 0 atom stereocenters. The van der Waals surface area contributed by atoms with Gasteiger partial charge in [0.25, 0.3) is 0 Å². The maximum atomic E-state index is 6.14. The van der Waals surface area contributed by atoms with Crippen molar-refractivity contribution in [3.8, 4) is 17.2 Å². The Balaban J connectivity index is 1.62. The molecule has 0 saturated carbocycles. The zero-order chi connectivity index (χ0) is 16.9. The van der Waals surface area contributed by atoms with E-state index >= 15 is 0 Å². The average molecular weight is 344 g/mol. The molecule has 0 aliphatic heterocycles. The normalized spacial score (nSPS) is 10.8. The van der Waals surface area contributed by atoms with Crippen LogP contribution in [-0.4, -0.2) is 16.3 Å². The summed E-state index contributed by atoms with van der Waals surface area (Å²) >= 11 is 6.14. The van der Waals surface area contributed by atoms with Gasteiger partial charge in [0.05, 0.1) is 23.2 Å². The Morgan fingerprint density at radius 2 is 1.83 bits per heavy atom. The molecule has 0 unspecified atom stereocenters. The molecule has 1 heterocycles. The van der Waals surface area contributed by atoms with E-state index < -0.39 is 0 Å². The van der Waals surface area contributed by atoms with Crippen molar-refractivity contribution in [2.75, 3.05) is 5.32 Å². The minimum Gasteiger partial charge on any atom is -0.491 e. The molecule has 1 N–H and O–H groups in total. The van der Waals surface area contributed by atoms with Crippen LogP contribution in [-0.2, 0) is 6.54 Å². The summed E-state index contributed by atoms with van der Waals surface area (Å²) in [6.45, 7) is 4.43. The van der Waals surface area contributed by atoms with E-state index in [4.69, 9.17) is 20.8 Å². The van der Waals surface area contributed by atoms with Gasteiger partial charge in [0.1, 0.15) is 5.75 Å². The Hall–Kier alpha value is -2.53. The summed E-state index contributed by atoms with van der Waals surface area (Å²) in [5.41, 5.74) is 1.68. The van der Waals surface area contributed by atoms with Crippen molar-refractivity contribution in [1.82, 2.24) is 10.2 Å². The average Bonchev–Trinajstić information content (AvgIpc) is 3.03. The molecule has 5 nitrogen and oxygen atoms in total. The number of hydrogen-bond donors (Lipinski definition) is 1. The van der Waals surface area contributed by atoms with Gasteiger partial charge in [-0.05, 0) is 50.2 Å². The Kier molecular flexibility index (Phi) is 5.01. The lowest BCUT2D eigenvalue weighted by atomic mass is 10.2.